The van der Waals surface area contributed by atoms with E-state index in [2.05, 4.69) is 11.4 Å². The summed E-state index contributed by atoms with van der Waals surface area (Å²) in [4.78, 5) is 0. The van der Waals surface area contributed by atoms with Crippen LogP contribution in [0.1, 0.15) is 11.1 Å². The fourth-order valence-corrected chi connectivity index (χ4v) is 1.70. The van der Waals surface area contributed by atoms with Gasteiger partial charge in [-0.15, -0.1) is 0 Å². The molecule has 1 aromatic carbocycles. The molecule has 0 aliphatic heterocycles. The number of aromatic nitrogens is 1. The molecule has 0 aliphatic rings. The van der Waals surface area contributed by atoms with Crippen LogP contribution >= 0.6 is 11.6 Å². The zero-order valence-corrected chi connectivity index (χ0v) is 8.72. The molecule has 0 saturated heterocycles. The second-order valence-corrected chi connectivity index (χ2v) is 3.59. The molecule has 0 amide bonds. The predicted molar refractivity (Wildman–Crippen MR) is 55.3 cm³/mol. The summed E-state index contributed by atoms with van der Waals surface area (Å²) in [5.41, 5.74) is 3.97. The monoisotopic (exact) mass is 206 g/mol. The van der Waals surface area contributed by atoms with Gasteiger partial charge in [-0.25, -0.2) is 0 Å². The van der Waals surface area contributed by atoms with E-state index in [0.717, 1.165) is 16.7 Å². The molecule has 0 saturated carbocycles. The second kappa shape index (κ2) is 3.46. The van der Waals surface area contributed by atoms with E-state index in [1.54, 1.807) is 0 Å². The van der Waals surface area contributed by atoms with Crippen molar-refractivity contribution in [2.75, 3.05) is 0 Å². The minimum Gasteiger partial charge on any atom is -0.350 e. The highest BCUT2D eigenvalue weighted by Crippen LogP contribution is 2.30. The van der Waals surface area contributed by atoms with E-state index in [1.807, 2.05) is 32.0 Å². The number of aryl methyl sites for hydroxylation is 2. The van der Waals surface area contributed by atoms with Gasteiger partial charge in [0.25, 0.3) is 0 Å². The van der Waals surface area contributed by atoms with E-state index < -0.39 is 0 Å². The van der Waals surface area contributed by atoms with E-state index in [-0.39, 0.29) is 0 Å². The lowest BCUT2D eigenvalue weighted by atomic mass is 10.0. The molecule has 0 spiro atoms. The van der Waals surface area contributed by atoms with Gasteiger partial charge in [-0.3, -0.25) is 0 Å². The molecule has 14 heavy (non-hydrogen) atoms. The Balaban J connectivity index is 2.68. The van der Waals surface area contributed by atoms with Gasteiger partial charge in [0, 0.05) is 5.56 Å². The summed E-state index contributed by atoms with van der Waals surface area (Å²) in [6.45, 7) is 4.04. The molecule has 0 fully saturated rings. The largest absolute Gasteiger partial charge is 0.350 e. The molecule has 1 radical (unpaired) electrons. The number of benzene rings is 1. The van der Waals surface area contributed by atoms with Crippen LogP contribution in [0, 0.1) is 20.1 Å². The Kier molecular flexibility index (Phi) is 2.30. The molecular formula is C11H9ClNO. The van der Waals surface area contributed by atoms with Crippen LogP contribution in [0.5, 0.6) is 0 Å². The standard InChI is InChI=1S/C11H9ClNO/c1-7-4-3-5-8(2)10(7)11-9(12)6-14-13-11/h3-5H,1-2H3. The highest BCUT2D eigenvalue weighted by atomic mass is 35.5. The fraction of sp³-hybridized carbons (Fsp3) is 0.182. The number of hydrogen-bond donors (Lipinski definition) is 0. The van der Waals surface area contributed by atoms with Crippen molar-refractivity contribution in [3.8, 4) is 11.3 Å². The smallest absolute Gasteiger partial charge is 0.225 e. The van der Waals surface area contributed by atoms with Gasteiger partial charge in [0.1, 0.15) is 10.7 Å². The SMILES string of the molecule is Cc1cccc(C)c1-c1no[c]c1Cl. The van der Waals surface area contributed by atoms with Crippen LogP contribution in [-0.4, -0.2) is 5.16 Å². The molecule has 0 atom stereocenters. The van der Waals surface area contributed by atoms with Gasteiger partial charge >= 0.3 is 0 Å². The van der Waals surface area contributed by atoms with Crippen molar-refractivity contribution in [1.29, 1.82) is 0 Å². The Morgan fingerprint density at radius 2 is 1.93 bits per heavy atom. The van der Waals surface area contributed by atoms with Gasteiger partial charge in [0.2, 0.25) is 6.26 Å². The molecule has 2 rings (SSSR count). The molecule has 2 aromatic rings. The highest BCUT2D eigenvalue weighted by molar-refractivity contribution is 6.32. The van der Waals surface area contributed by atoms with E-state index in [0.29, 0.717) is 10.7 Å². The first kappa shape index (κ1) is 9.28. The third kappa shape index (κ3) is 1.42. The van der Waals surface area contributed by atoms with Crippen LogP contribution in [0.15, 0.2) is 22.7 Å². The fourth-order valence-electron chi connectivity index (χ4n) is 1.54. The average Bonchev–Trinajstić information content (AvgIpc) is 2.52. The summed E-state index contributed by atoms with van der Waals surface area (Å²) in [5, 5.41) is 4.28. The molecule has 0 unspecified atom stereocenters. The maximum absolute atomic E-state index is 5.91. The molecule has 71 valence electrons. The van der Waals surface area contributed by atoms with Crippen LogP contribution in [0.25, 0.3) is 11.3 Å². The predicted octanol–water partition coefficient (Wildman–Crippen LogP) is 3.41. The van der Waals surface area contributed by atoms with E-state index >= 15 is 0 Å². The maximum atomic E-state index is 5.91. The third-order valence-electron chi connectivity index (χ3n) is 2.20. The van der Waals surface area contributed by atoms with Gasteiger partial charge in [-0.1, -0.05) is 35.0 Å². The van der Waals surface area contributed by atoms with Gasteiger partial charge in [-0.05, 0) is 25.0 Å². The Bertz CT molecular complexity index is 442. The summed E-state index contributed by atoms with van der Waals surface area (Å²) in [6, 6.07) is 6.05. The first-order valence-electron chi connectivity index (χ1n) is 4.29. The summed E-state index contributed by atoms with van der Waals surface area (Å²) in [5.74, 6) is 0. The molecule has 0 N–H and O–H groups in total. The quantitative estimate of drug-likeness (QED) is 0.715. The van der Waals surface area contributed by atoms with Crippen LogP contribution < -0.4 is 0 Å². The first-order valence-corrected chi connectivity index (χ1v) is 4.67. The maximum Gasteiger partial charge on any atom is 0.225 e. The molecule has 0 bridgehead atoms. The van der Waals surface area contributed by atoms with Gasteiger partial charge < -0.3 is 4.52 Å². The Morgan fingerprint density at radius 3 is 2.43 bits per heavy atom. The normalized spacial score (nSPS) is 10.5. The number of hydrogen-bond acceptors (Lipinski definition) is 2. The highest BCUT2D eigenvalue weighted by Gasteiger charge is 2.13. The van der Waals surface area contributed by atoms with Gasteiger partial charge in [0.05, 0.1) is 0 Å². The molecule has 1 aromatic heterocycles. The summed E-state index contributed by atoms with van der Waals surface area (Å²) in [6.07, 6.45) is 2.50. The Morgan fingerprint density at radius 1 is 1.29 bits per heavy atom. The van der Waals surface area contributed by atoms with Crippen molar-refractivity contribution < 1.29 is 4.52 Å². The summed E-state index contributed by atoms with van der Waals surface area (Å²) < 4.78 is 4.70. The van der Waals surface area contributed by atoms with Crippen molar-refractivity contribution in [1.82, 2.24) is 5.16 Å². The van der Waals surface area contributed by atoms with E-state index in [9.17, 15) is 0 Å². The Labute approximate surface area is 87.5 Å². The van der Waals surface area contributed by atoms with E-state index in [4.69, 9.17) is 16.1 Å². The lowest BCUT2D eigenvalue weighted by molar-refractivity contribution is 0.415. The van der Waals surface area contributed by atoms with Crippen molar-refractivity contribution in [3.63, 3.8) is 0 Å². The van der Waals surface area contributed by atoms with Crippen LogP contribution in [0.2, 0.25) is 5.02 Å². The molecular weight excluding hydrogens is 198 g/mol. The number of halogens is 1. The zero-order chi connectivity index (χ0) is 10.1. The Hall–Kier alpha value is -1.28. The third-order valence-corrected chi connectivity index (χ3v) is 2.45. The van der Waals surface area contributed by atoms with Gasteiger partial charge in [0.15, 0.2) is 0 Å². The topological polar surface area (TPSA) is 26.0 Å². The molecule has 3 heteroatoms. The minimum atomic E-state index is 0.433. The lowest BCUT2D eigenvalue weighted by Crippen LogP contribution is -1.87. The van der Waals surface area contributed by atoms with Crippen LogP contribution in [-0.2, 0) is 0 Å². The number of rotatable bonds is 1. The van der Waals surface area contributed by atoms with Crippen molar-refractivity contribution >= 4 is 11.6 Å². The van der Waals surface area contributed by atoms with E-state index in [1.165, 1.54) is 0 Å². The zero-order valence-electron chi connectivity index (χ0n) is 7.97. The summed E-state index contributed by atoms with van der Waals surface area (Å²) >= 11 is 5.91. The average molecular weight is 207 g/mol. The minimum absolute atomic E-state index is 0.433. The van der Waals surface area contributed by atoms with Gasteiger partial charge in [-0.2, -0.15) is 0 Å². The van der Waals surface area contributed by atoms with Crippen LogP contribution in [0.3, 0.4) is 0 Å². The first-order chi connectivity index (χ1) is 6.70. The van der Waals surface area contributed by atoms with Crippen molar-refractivity contribution in [2.24, 2.45) is 0 Å². The molecule has 0 aliphatic carbocycles. The lowest BCUT2D eigenvalue weighted by Gasteiger charge is -2.05. The number of nitrogens with zero attached hydrogens (tertiary/aromatic N) is 1. The summed E-state index contributed by atoms with van der Waals surface area (Å²) in [7, 11) is 0. The van der Waals surface area contributed by atoms with Crippen molar-refractivity contribution in [3.05, 3.63) is 40.6 Å². The van der Waals surface area contributed by atoms with Crippen LogP contribution in [0.4, 0.5) is 0 Å². The molecule has 2 nitrogen and oxygen atoms in total. The second-order valence-electron chi connectivity index (χ2n) is 3.21. The molecule has 1 heterocycles. The van der Waals surface area contributed by atoms with Crippen molar-refractivity contribution in [2.45, 2.75) is 13.8 Å².